The minimum atomic E-state index is -0.229. The summed E-state index contributed by atoms with van der Waals surface area (Å²) in [6, 6.07) is 14.2. The van der Waals surface area contributed by atoms with Gasteiger partial charge in [0.05, 0.1) is 0 Å². The van der Waals surface area contributed by atoms with E-state index in [2.05, 4.69) is 11.0 Å². The Morgan fingerprint density at radius 3 is 2.40 bits per heavy atom. The van der Waals surface area contributed by atoms with Gasteiger partial charge in [0.2, 0.25) is 0 Å². The Labute approximate surface area is 124 Å². The molecule has 0 saturated heterocycles. The fourth-order valence-corrected chi connectivity index (χ4v) is 2.09. The zero-order valence-corrected chi connectivity index (χ0v) is 12.4. The minimum Gasteiger partial charge on any atom is -0.306 e. The first-order valence-corrected chi connectivity index (χ1v) is 6.81. The normalized spacial score (nSPS) is 11.9. The van der Waals surface area contributed by atoms with E-state index in [-0.39, 0.29) is 5.82 Å². The third-order valence-corrected chi connectivity index (χ3v) is 3.20. The maximum absolute atomic E-state index is 13.4. The van der Waals surface area contributed by atoms with Crippen LogP contribution in [0.4, 0.5) is 4.39 Å². The van der Waals surface area contributed by atoms with E-state index < -0.39 is 0 Å². The van der Waals surface area contributed by atoms with Gasteiger partial charge in [-0.05, 0) is 55.1 Å². The van der Waals surface area contributed by atoms with E-state index in [1.807, 2.05) is 44.4 Å². The van der Waals surface area contributed by atoms with Crippen LogP contribution in [0.2, 0.25) is 5.02 Å². The molecule has 2 rings (SSSR count). The SMILES string of the molecule is CN(C)C/C=C(/c1ccc(Cl)cc1)c1cccc(F)c1. The van der Waals surface area contributed by atoms with Crippen molar-refractivity contribution in [3.8, 4) is 0 Å². The molecular formula is C17H17ClFN. The summed E-state index contributed by atoms with van der Waals surface area (Å²) < 4.78 is 13.4. The first kappa shape index (κ1) is 14.8. The lowest BCUT2D eigenvalue weighted by molar-refractivity contribution is 0.457. The van der Waals surface area contributed by atoms with E-state index in [4.69, 9.17) is 11.6 Å². The molecule has 0 spiro atoms. The fourth-order valence-electron chi connectivity index (χ4n) is 1.96. The lowest BCUT2D eigenvalue weighted by Gasteiger charge is -2.12. The van der Waals surface area contributed by atoms with Crippen molar-refractivity contribution in [2.75, 3.05) is 20.6 Å². The number of halogens is 2. The molecule has 0 fully saturated rings. The maximum Gasteiger partial charge on any atom is 0.123 e. The van der Waals surface area contributed by atoms with Gasteiger partial charge in [-0.25, -0.2) is 4.39 Å². The smallest absolute Gasteiger partial charge is 0.123 e. The molecule has 0 unspecified atom stereocenters. The van der Waals surface area contributed by atoms with Crippen LogP contribution in [0.5, 0.6) is 0 Å². The molecule has 0 saturated carbocycles. The molecule has 1 nitrogen and oxygen atoms in total. The second-order valence-electron chi connectivity index (χ2n) is 4.90. The Kier molecular flexibility index (Phi) is 4.94. The Morgan fingerprint density at radius 1 is 1.10 bits per heavy atom. The highest BCUT2D eigenvalue weighted by Gasteiger charge is 2.06. The van der Waals surface area contributed by atoms with Crippen LogP contribution in [0.25, 0.3) is 5.57 Å². The van der Waals surface area contributed by atoms with Crippen molar-refractivity contribution >= 4 is 17.2 Å². The van der Waals surface area contributed by atoms with Gasteiger partial charge in [-0.1, -0.05) is 41.9 Å². The molecule has 0 aromatic heterocycles. The quantitative estimate of drug-likeness (QED) is 0.802. The van der Waals surface area contributed by atoms with Gasteiger partial charge in [0.1, 0.15) is 5.82 Å². The zero-order chi connectivity index (χ0) is 14.5. The van der Waals surface area contributed by atoms with E-state index in [1.165, 1.54) is 6.07 Å². The van der Waals surface area contributed by atoms with Gasteiger partial charge in [0.25, 0.3) is 0 Å². The summed E-state index contributed by atoms with van der Waals surface area (Å²) in [7, 11) is 4.00. The van der Waals surface area contributed by atoms with Crippen LogP contribution >= 0.6 is 11.6 Å². The standard InChI is InChI=1S/C17H17ClFN/c1-20(2)11-10-17(13-6-8-15(18)9-7-13)14-4-3-5-16(19)12-14/h3-10,12H,11H2,1-2H3/b17-10-. The van der Waals surface area contributed by atoms with E-state index in [0.29, 0.717) is 5.02 Å². The van der Waals surface area contributed by atoms with Gasteiger partial charge in [-0.2, -0.15) is 0 Å². The van der Waals surface area contributed by atoms with Crippen molar-refractivity contribution in [3.63, 3.8) is 0 Å². The third kappa shape index (κ3) is 3.92. The molecule has 0 aliphatic heterocycles. The molecule has 0 radical (unpaired) electrons. The Hall–Kier alpha value is -1.64. The van der Waals surface area contributed by atoms with Crippen molar-refractivity contribution in [1.82, 2.24) is 4.90 Å². The Bertz CT molecular complexity index is 603. The summed E-state index contributed by atoms with van der Waals surface area (Å²) in [4.78, 5) is 2.06. The molecule has 0 atom stereocenters. The highest BCUT2D eigenvalue weighted by molar-refractivity contribution is 6.30. The molecule has 0 heterocycles. The van der Waals surface area contributed by atoms with Crippen LogP contribution in [-0.4, -0.2) is 25.5 Å². The summed E-state index contributed by atoms with van der Waals surface area (Å²) in [5.74, 6) is -0.229. The monoisotopic (exact) mass is 289 g/mol. The van der Waals surface area contributed by atoms with Crippen LogP contribution in [0.1, 0.15) is 11.1 Å². The lowest BCUT2D eigenvalue weighted by atomic mass is 9.97. The molecule has 20 heavy (non-hydrogen) atoms. The molecular weight excluding hydrogens is 273 g/mol. The number of hydrogen-bond acceptors (Lipinski definition) is 1. The van der Waals surface area contributed by atoms with Crippen LogP contribution in [0.3, 0.4) is 0 Å². The summed E-state index contributed by atoms with van der Waals surface area (Å²) in [6.45, 7) is 0.786. The van der Waals surface area contributed by atoms with Gasteiger partial charge in [0, 0.05) is 11.6 Å². The van der Waals surface area contributed by atoms with E-state index >= 15 is 0 Å². The average Bonchev–Trinajstić information content (AvgIpc) is 2.41. The summed E-state index contributed by atoms with van der Waals surface area (Å²) in [5, 5.41) is 0.694. The van der Waals surface area contributed by atoms with E-state index in [0.717, 1.165) is 23.2 Å². The minimum absolute atomic E-state index is 0.229. The Balaban J connectivity index is 2.44. The Morgan fingerprint density at radius 2 is 1.80 bits per heavy atom. The average molecular weight is 290 g/mol. The summed E-state index contributed by atoms with van der Waals surface area (Å²) >= 11 is 5.93. The maximum atomic E-state index is 13.4. The van der Waals surface area contributed by atoms with Crippen molar-refractivity contribution < 1.29 is 4.39 Å². The van der Waals surface area contributed by atoms with Crippen molar-refractivity contribution in [1.29, 1.82) is 0 Å². The highest BCUT2D eigenvalue weighted by atomic mass is 35.5. The van der Waals surface area contributed by atoms with E-state index in [9.17, 15) is 4.39 Å². The molecule has 0 aliphatic carbocycles. The number of rotatable bonds is 4. The van der Waals surface area contributed by atoms with Crippen LogP contribution in [0.15, 0.2) is 54.6 Å². The van der Waals surface area contributed by atoms with E-state index in [1.54, 1.807) is 12.1 Å². The van der Waals surface area contributed by atoms with Crippen LogP contribution in [-0.2, 0) is 0 Å². The second-order valence-corrected chi connectivity index (χ2v) is 5.33. The van der Waals surface area contributed by atoms with Crippen LogP contribution < -0.4 is 0 Å². The molecule has 0 amide bonds. The zero-order valence-electron chi connectivity index (χ0n) is 11.6. The van der Waals surface area contributed by atoms with Gasteiger partial charge in [0.15, 0.2) is 0 Å². The molecule has 2 aromatic rings. The number of likely N-dealkylation sites (N-methyl/N-ethyl adjacent to an activating group) is 1. The molecule has 104 valence electrons. The third-order valence-electron chi connectivity index (χ3n) is 2.95. The van der Waals surface area contributed by atoms with Gasteiger partial charge >= 0.3 is 0 Å². The first-order valence-electron chi connectivity index (χ1n) is 6.43. The van der Waals surface area contributed by atoms with Crippen molar-refractivity contribution in [3.05, 3.63) is 76.6 Å². The molecule has 0 bridgehead atoms. The molecule has 0 aliphatic rings. The predicted molar refractivity (Wildman–Crippen MR) is 83.5 cm³/mol. The summed E-state index contributed by atoms with van der Waals surface area (Å²) in [6.07, 6.45) is 2.10. The summed E-state index contributed by atoms with van der Waals surface area (Å²) in [5.41, 5.74) is 2.91. The second kappa shape index (κ2) is 6.69. The van der Waals surface area contributed by atoms with Gasteiger partial charge < -0.3 is 4.90 Å². The molecule has 2 aromatic carbocycles. The number of benzene rings is 2. The lowest BCUT2D eigenvalue weighted by Crippen LogP contribution is -2.11. The van der Waals surface area contributed by atoms with Crippen molar-refractivity contribution in [2.45, 2.75) is 0 Å². The largest absolute Gasteiger partial charge is 0.306 e. The fraction of sp³-hybridized carbons (Fsp3) is 0.176. The topological polar surface area (TPSA) is 3.24 Å². The number of hydrogen-bond donors (Lipinski definition) is 0. The van der Waals surface area contributed by atoms with Gasteiger partial charge in [-0.15, -0.1) is 0 Å². The number of nitrogens with zero attached hydrogens (tertiary/aromatic N) is 1. The van der Waals surface area contributed by atoms with Gasteiger partial charge in [-0.3, -0.25) is 0 Å². The van der Waals surface area contributed by atoms with Crippen LogP contribution in [0, 0.1) is 5.82 Å². The molecule has 3 heteroatoms. The first-order chi connectivity index (χ1) is 9.56. The predicted octanol–water partition coefficient (Wildman–Crippen LogP) is 4.47. The highest BCUT2D eigenvalue weighted by Crippen LogP contribution is 2.25. The molecule has 0 N–H and O–H groups in total. The van der Waals surface area contributed by atoms with Crippen molar-refractivity contribution in [2.24, 2.45) is 0 Å².